The Morgan fingerprint density at radius 2 is 1.74 bits per heavy atom. The van der Waals surface area contributed by atoms with Crippen LogP contribution in [0.1, 0.15) is 24.5 Å². The van der Waals surface area contributed by atoms with Gasteiger partial charge in [-0.25, -0.2) is 0 Å². The second kappa shape index (κ2) is 7.37. The first-order chi connectivity index (χ1) is 9.29. The lowest BCUT2D eigenvalue weighted by Crippen LogP contribution is -2.13. The molecule has 0 radical (unpaired) electrons. The average Bonchev–Trinajstić information content (AvgIpc) is 2.44. The lowest BCUT2D eigenvalue weighted by Gasteiger charge is -2.07. The number of hydrogen-bond donors (Lipinski definition) is 1. The summed E-state index contributed by atoms with van der Waals surface area (Å²) in [5, 5.41) is 3.42. The highest BCUT2D eigenvalue weighted by Gasteiger charge is 2.00. The van der Waals surface area contributed by atoms with Gasteiger partial charge in [-0.15, -0.1) is 0 Å². The van der Waals surface area contributed by atoms with Gasteiger partial charge < -0.3 is 5.32 Å². The van der Waals surface area contributed by atoms with Crippen molar-refractivity contribution >= 4 is 11.8 Å². The maximum atomic E-state index is 3.42. The van der Waals surface area contributed by atoms with Gasteiger partial charge in [-0.1, -0.05) is 49.0 Å². The predicted molar refractivity (Wildman–Crippen MR) is 83.7 cm³/mol. The van der Waals surface area contributed by atoms with E-state index in [-0.39, 0.29) is 0 Å². The molecule has 2 rings (SSSR count). The fraction of sp³-hybridized carbons (Fsp3) is 0.294. The third kappa shape index (κ3) is 4.41. The van der Waals surface area contributed by atoms with Crippen LogP contribution in [-0.4, -0.2) is 6.54 Å². The summed E-state index contributed by atoms with van der Waals surface area (Å²) in [4.78, 5) is 2.63. The predicted octanol–water partition coefficient (Wildman–Crippen LogP) is 4.65. The summed E-state index contributed by atoms with van der Waals surface area (Å²) >= 11 is 1.83. The van der Waals surface area contributed by atoms with Crippen LogP contribution in [0.15, 0.2) is 58.3 Å². The molecule has 0 aliphatic heterocycles. The Kier molecular flexibility index (Phi) is 5.49. The maximum absolute atomic E-state index is 3.42. The van der Waals surface area contributed by atoms with Gasteiger partial charge in [0.05, 0.1) is 0 Å². The Morgan fingerprint density at radius 1 is 1.00 bits per heavy atom. The molecule has 0 atom stereocenters. The van der Waals surface area contributed by atoms with Crippen molar-refractivity contribution in [3.05, 3.63) is 59.7 Å². The Labute approximate surface area is 120 Å². The molecule has 0 amide bonds. The van der Waals surface area contributed by atoms with Crippen molar-refractivity contribution in [1.82, 2.24) is 5.32 Å². The molecule has 0 saturated carbocycles. The summed E-state index contributed by atoms with van der Waals surface area (Å²) in [7, 11) is 0. The summed E-state index contributed by atoms with van der Waals surface area (Å²) in [5.74, 6) is 0. The van der Waals surface area contributed by atoms with E-state index in [1.165, 1.54) is 27.3 Å². The van der Waals surface area contributed by atoms with E-state index in [1.54, 1.807) is 0 Å². The first-order valence-electron chi connectivity index (χ1n) is 6.82. The van der Waals surface area contributed by atoms with Gasteiger partial charge >= 0.3 is 0 Å². The normalized spacial score (nSPS) is 10.6. The molecule has 0 unspecified atom stereocenters. The molecule has 0 aliphatic carbocycles. The van der Waals surface area contributed by atoms with Gasteiger partial charge in [0.2, 0.25) is 0 Å². The van der Waals surface area contributed by atoms with Crippen molar-refractivity contribution < 1.29 is 0 Å². The van der Waals surface area contributed by atoms with Crippen molar-refractivity contribution in [3.8, 4) is 0 Å². The summed E-state index contributed by atoms with van der Waals surface area (Å²) in [6.07, 6.45) is 1.18. The molecular formula is C17H21NS. The quantitative estimate of drug-likeness (QED) is 0.768. The van der Waals surface area contributed by atoms with Gasteiger partial charge in [0.25, 0.3) is 0 Å². The summed E-state index contributed by atoms with van der Waals surface area (Å²) < 4.78 is 0. The third-order valence-electron chi connectivity index (χ3n) is 3.00. The largest absolute Gasteiger partial charge is 0.313 e. The van der Waals surface area contributed by atoms with Crippen LogP contribution < -0.4 is 5.32 Å². The molecule has 0 bridgehead atoms. The van der Waals surface area contributed by atoms with E-state index in [1.807, 2.05) is 11.8 Å². The standard InChI is InChI=1S/C17H21NS/c1-3-12-18-13-15-8-10-16(11-9-15)19-17-7-5-4-6-14(17)2/h4-11,18H,3,12-13H2,1-2H3. The van der Waals surface area contributed by atoms with E-state index in [2.05, 4.69) is 67.7 Å². The third-order valence-corrected chi connectivity index (χ3v) is 4.19. The molecule has 0 spiro atoms. The van der Waals surface area contributed by atoms with Crippen molar-refractivity contribution in [2.45, 2.75) is 36.6 Å². The number of rotatable bonds is 6. The van der Waals surface area contributed by atoms with E-state index in [4.69, 9.17) is 0 Å². The molecule has 2 heteroatoms. The SMILES string of the molecule is CCCNCc1ccc(Sc2ccccc2C)cc1. The fourth-order valence-electron chi connectivity index (χ4n) is 1.88. The lowest BCUT2D eigenvalue weighted by molar-refractivity contribution is 0.675. The van der Waals surface area contributed by atoms with Gasteiger partial charge in [0, 0.05) is 16.3 Å². The van der Waals surface area contributed by atoms with Crippen molar-refractivity contribution in [2.75, 3.05) is 6.54 Å². The highest BCUT2D eigenvalue weighted by Crippen LogP contribution is 2.29. The van der Waals surface area contributed by atoms with Crippen LogP contribution >= 0.6 is 11.8 Å². The molecule has 2 aromatic rings. The summed E-state index contributed by atoms with van der Waals surface area (Å²) in [6, 6.07) is 17.4. The van der Waals surface area contributed by atoms with Gasteiger partial charge in [-0.05, 0) is 49.2 Å². The zero-order valence-corrected chi connectivity index (χ0v) is 12.5. The summed E-state index contributed by atoms with van der Waals surface area (Å²) in [6.45, 7) is 6.39. The Hall–Kier alpha value is -1.25. The molecule has 1 N–H and O–H groups in total. The van der Waals surface area contributed by atoms with E-state index in [9.17, 15) is 0 Å². The molecule has 2 aromatic carbocycles. The number of nitrogens with one attached hydrogen (secondary N) is 1. The zero-order valence-electron chi connectivity index (χ0n) is 11.6. The maximum Gasteiger partial charge on any atom is 0.0205 e. The monoisotopic (exact) mass is 271 g/mol. The average molecular weight is 271 g/mol. The minimum absolute atomic E-state index is 0.961. The smallest absolute Gasteiger partial charge is 0.0205 e. The zero-order chi connectivity index (χ0) is 13.5. The van der Waals surface area contributed by atoms with Gasteiger partial charge in [0.1, 0.15) is 0 Å². The first kappa shape index (κ1) is 14.2. The van der Waals surface area contributed by atoms with Crippen molar-refractivity contribution in [2.24, 2.45) is 0 Å². The van der Waals surface area contributed by atoms with Crippen molar-refractivity contribution in [3.63, 3.8) is 0 Å². The summed E-state index contributed by atoms with van der Waals surface area (Å²) in [5.41, 5.74) is 2.68. The molecule has 0 fully saturated rings. The van der Waals surface area contributed by atoms with E-state index in [0.717, 1.165) is 13.1 Å². The number of benzene rings is 2. The Bertz CT molecular complexity index is 505. The highest BCUT2D eigenvalue weighted by molar-refractivity contribution is 7.99. The Balaban J connectivity index is 1.97. The second-order valence-corrected chi connectivity index (χ2v) is 5.80. The molecule has 0 aromatic heterocycles. The van der Waals surface area contributed by atoms with E-state index >= 15 is 0 Å². The van der Waals surface area contributed by atoms with Crippen LogP contribution in [0.5, 0.6) is 0 Å². The van der Waals surface area contributed by atoms with Gasteiger partial charge in [-0.3, -0.25) is 0 Å². The molecule has 0 heterocycles. The first-order valence-corrected chi connectivity index (χ1v) is 7.64. The van der Waals surface area contributed by atoms with Crippen LogP contribution in [0.2, 0.25) is 0 Å². The second-order valence-electron chi connectivity index (χ2n) is 4.69. The minimum Gasteiger partial charge on any atom is -0.313 e. The van der Waals surface area contributed by atoms with Crippen LogP contribution in [0.25, 0.3) is 0 Å². The number of hydrogen-bond acceptors (Lipinski definition) is 2. The van der Waals surface area contributed by atoms with Crippen LogP contribution in [0, 0.1) is 6.92 Å². The van der Waals surface area contributed by atoms with Gasteiger partial charge in [-0.2, -0.15) is 0 Å². The van der Waals surface area contributed by atoms with E-state index < -0.39 is 0 Å². The topological polar surface area (TPSA) is 12.0 Å². The lowest BCUT2D eigenvalue weighted by atomic mass is 10.2. The van der Waals surface area contributed by atoms with Crippen LogP contribution in [0.4, 0.5) is 0 Å². The van der Waals surface area contributed by atoms with Crippen LogP contribution in [-0.2, 0) is 6.54 Å². The molecule has 0 saturated heterocycles. The van der Waals surface area contributed by atoms with Crippen molar-refractivity contribution in [1.29, 1.82) is 0 Å². The molecule has 1 nitrogen and oxygen atoms in total. The molecular weight excluding hydrogens is 250 g/mol. The fourth-order valence-corrected chi connectivity index (χ4v) is 2.78. The molecule has 0 aliphatic rings. The number of aryl methyl sites for hydroxylation is 1. The van der Waals surface area contributed by atoms with Gasteiger partial charge in [0.15, 0.2) is 0 Å². The minimum atomic E-state index is 0.961. The highest BCUT2D eigenvalue weighted by atomic mass is 32.2. The molecule has 100 valence electrons. The van der Waals surface area contributed by atoms with Crippen LogP contribution in [0.3, 0.4) is 0 Å². The molecule has 19 heavy (non-hydrogen) atoms. The Morgan fingerprint density at radius 3 is 2.42 bits per heavy atom. The van der Waals surface area contributed by atoms with E-state index in [0.29, 0.717) is 0 Å².